The highest BCUT2D eigenvalue weighted by Crippen LogP contribution is 2.54. The average molecular weight is 232 g/mol. The summed E-state index contributed by atoms with van der Waals surface area (Å²) in [7, 11) is 1.57. The zero-order valence-corrected chi connectivity index (χ0v) is 9.85. The second-order valence-electron chi connectivity index (χ2n) is 5.00. The number of pyridine rings is 1. The first-order valence-corrected chi connectivity index (χ1v) is 6.07. The maximum atomic E-state index is 12.0. The van der Waals surface area contributed by atoms with E-state index in [-0.39, 0.29) is 11.8 Å². The highest BCUT2D eigenvalue weighted by atomic mass is 16.5. The molecule has 0 saturated heterocycles. The monoisotopic (exact) mass is 232 g/mol. The van der Waals surface area contributed by atoms with Crippen LogP contribution in [0.5, 0.6) is 5.88 Å². The van der Waals surface area contributed by atoms with Crippen molar-refractivity contribution in [3.63, 3.8) is 0 Å². The second-order valence-corrected chi connectivity index (χ2v) is 5.00. The van der Waals surface area contributed by atoms with Gasteiger partial charge in [0.15, 0.2) is 0 Å². The molecule has 4 heteroatoms. The molecule has 0 aromatic carbocycles. The zero-order valence-electron chi connectivity index (χ0n) is 9.85. The molecule has 90 valence electrons. The zero-order chi connectivity index (χ0) is 11.8. The molecule has 2 saturated carbocycles. The predicted octanol–water partition coefficient (Wildman–Crippen LogP) is 2.07. The predicted molar refractivity (Wildman–Crippen MR) is 63.7 cm³/mol. The standard InChI is InChI=1S/C13H16N2O2/c1-17-12-3-2-11(7-14-12)15-13(16)10-5-8-4-9(8)6-10/h2-3,7-10H,4-6H2,1H3,(H,15,16). The summed E-state index contributed by atoms with van der Waals surface area (Å²) >= 11 is 0. The second kappa shape index (κ2) is 4.02. The number of nitrogens with zero attached hydrogens (tertiary/aromatic N) is 1. The lowest BCUT2D eigenvalue weighted by molar-refractivity contribution is -0.120. The Labute approximate surface area is 100 Å². The van der Waals surface area contributed by atoms with Gasteiger partial charge in [-0.15, -0.1) is 0 Å². The molecular weight excluding hydrogens is 216 g/mol. The average Bonchev–Trinajstić information content (AvgIpc) is 2.97. The molecule has 1 aromatic heterocycles. The topological polar surface area (TPSA) is 51.2 Å². The summed E-state index contributed by atoms with van der Waals surface area (Å²) in [6.45, 7) is 0. The fraction of sp³-hybridized carbons (Fsp3) is 0.538. The highest BCUT2D eigenvalue weighted by molar-refractivity contribution is 5.92. The molecule has 1 amide bonds. The Morgan fingerprint density at radius 3 is 2.71 bits per heavy atom. The molecule has 2 atom stereocenters. The van der Waals surface area contributed by atoms with E-state index in [2.05, 4.69) is 10.3 Å². The van der Waals surface area contributed by atoms with Crippen molar-refractivity contribution >= 4 is 11.6 Å². The van der Waals surface area contributed by atoms with E-state index in [1.54, 1.807) is 19.4 Å². The van der Waals surface area contributed by atoms with Crippen LogP contribution in [0.3, 0.4) is 0 Å². The van der Waals surface area contributed by atoms with Crippen molar-refractivity contribution in [1.29, 1.82) is 0 Å². The number of hydrogen-bond acceptors (Lipinski definition) is 3. The van der Waals surface area contributed by atoms with Crippen molar-refractivity contribution in [3.8, 4) is 5.88 Å². The summed E-state index contributed by atoms with van der Waals surface area (Å²) in [4.78, 5) is 16.0. The first-order valence-electron chi connectivity index (χ1n) is 6.07. The van der Waals surface area contributed by atoms with Gasteiger partial charge in [-0.05, 0) is 37.2 Å². The van der Waals surface area contributed by atoms with Crippen LogP contribution in [0.4, 0.5) is 5.69 Å². The van der Waals surface area contributed by atoms with Crippen LogP contribution in [0.25, 0.3) is 0 Å². The van der Waals surface area contributed by atoms with Gasteiger partial charge in [0.25, 0.3) is 0 Å². The third-order valence-electron chi connectivity index (χ3n) is 3.83. The summed E-state index contributed by atoms with van der Waals surface area (Å²) in [6, 6.07) is 3.57. The van der Waals surface area contributed by atoms with Gasteiger partial charge in [0.05, 0.1) is 19.0 Å². The van der Waals surface area contributed by atoms with E-state index < -0.39 is 0 Å². The lowest BCUT2D eigenvalue weighted by Gasteiger charge is -2.12. The summed E-state index contributed by atoms with van der Waals surface area (Å²) in [5, 5.41) is 2.92. The Kier molecular flexibility index (Phi) is 2.50. The Morgan fingerprint density at radius 2 is 2.12 bits per heavy atom. The van der Waals surface area contributed by atoms with Gasteiger partial charge in [-0.2, -0.15) is 0 Å². The summed E-state index contributed by atoms with van der Waals surface area (Å²) in [5.41, 5.74) is 0.747. The number of carbonyl (C=O) groups excluding carboxylic acids is 1. The number of anilines is 1. The fourth-order valence-corrected chi connectivity index (χ4v) is 2.75. The molecule has 17 heavy (non-hydrogen) atoms. The molecule has 3 rings (SSSR count). The summed E-state index contributed by atoms with van der Waals surface area (Å²) in [6.07, 6.45) is 5.11. The van der Waals surface area contributed by atoms with E-state index in [4.69, 9.17) is 4.74 Å². The molecule has 2 unspecified atom stereocenters. The van der Waals surface area contributed by atoms with Crippen LogP contribution in [-0.2, 0) is 4.79 Å². The van der Waals surface area contributed by atoms with E-state index in [1.165, 1.54) is 6.42 Å². The fourth-order valence-electron chi connectivity index (χ4n) is 2.75. The van der Waals surface area contributed by atoms with Gasteiger partial charge >= 0.3 is 0 Å². The smallest absolute Gasteiger partial charge is 0.227 e. The van der Waals surface area contributed by atoms with Crippen molar-refractivity contribution in [3.05, 3.63) is 18.3 Å². The van der Waals surface area contributed by atoms with Gasteiger partial charge in [-0.25, -0.2) is 4.98 Å². The van der Waals surface area contributed by atoms with Crippen LogP contribution < -0.4 is 10.1 Å². The maximum Gasteiger partial charge on any atom is 0.227 e. The first-order chi connectivity index (χ1) is 8.26. The summed E-state index contributed by atoms with van der Waals surface area (Å²) in [5.74, 6) is 2.58. The molecule has 0 bridgehead atoms. The maximum absolute atomic E-state index is 12.0. The highest BCUT2D eigenvalue weighted by Gasteiger charge is 2.47. The lowest BCUT2D eigenvalue weighted by atomic mass is 10.0. The summed E-state index contributed by atoms with van der Waals surface area (Å²) < 4.78 is 4.97. The van der Waals surface area contributed by atoms with Crippen LogP contribution in [0.1, 0.15) is 19.3 Å². The molecule has 2 fully saturated rings. The molecule has 4 nitrogen and oxygen atoms in total. The minimum Gasteiger partial charge on any atom is -0.481 e. The van der Waals surface area contributed by atoms with Crippen LogP contribution in [0.15, 0.2) is 18.3 Å². The van der Waals surface area contributed by atoms with Gasteiger partial charge in [-0.1, -0.05) is 0 Å². The van der Waals surface area contributed by atoms with Gasteiger partial charge in [0.2, 0.25) is 11.8 Å². The molecule has 1 heterocycles. The van der Waals surface area contributed by atoms with Crippen molar-refractivity contribution in [2.45, 2.75) is 19.3 Å². The molecule has 0 radical (unpaired) electrons. The Balaban J connectivity index is 1.59. The number of fused-ring (bicyclic) bond motifs is 1. The third-order valence-corrected chi connectivity index (χ3v) is 3.83. The van der Waals surface area contributed by atoms with E-state index in [0.717, 1.165) is 30.4 Å². The van der Waals surface area contributed by atoms with E-state index in [0.29, 0.717) is 5.88 Å². The molecule has 1 N–H and O–H groups in total. The molecule has 2 aliphatic rings. The normalized spacial score (nSPS) is 29.6. The van der Waals surface area contributed by atoms with Crippen molar-refractivity contribution in [1.82, 2.24) is 4.98 Å². The lowest BCUT2D eigenvalue weighted by Crippen LogP contribution is -2.21. The van der Waals surface area contributed by atoms with E-state index in [9.17, 15) is 4.79 Å². The number of aromatic nitrogens is 1. The van der Waals surface area contributed by atoms with Crippen LogP contribution in [0.2, 0.25) is 0 Å². The van der Waals surface area contributed by atoms with Gasteiger partial charge < -0.3 is 10.1 Å². The van der Waals surface area contributed by atoms with E-state index in [1.807, 2.05) is 6.07 Å². The van der Waals surface area contributed by atoms with Crippen molar-refractivity contribution < 1.29 is 9.53 Å². The largest absolute Gasteiger partial charge is 0.481 e. The molecule has 0 spiro atoms. The van der Waals surface area contributed by atoms with Crippen LogP contribution >= 0.6 is 0 Å². The van der Waals surface area contributed by atoms with E-state index >= 15 is 0 Å². The van der Waals surface area contributed by atoms with Crippen LogP contribution in [0, 0.1) is 17.8 Å². The number of hydrogen-bond donors (Lipinski definition) is 1. The molecule has 0 aliphatic heterocycles. The van der Waals surface area contributed by atoms with Gasteiger partial charge in [0, 0.05) is 12.0 Å². The minimum atomic E-state index is 0.143. The Bertz CT molecular complexity index is 420. The first kappa shape index (κ1) is 10.6. The molecule has 1 aromatic rings. The van der Waals surface area contributed by atoms with Crippen LogP contribution in [-0.4, -0.2) is 18.0 Å². The molecule has 2 aliphatic carbocycles. The van der Waals surface area contributed by atoms with Gasteiger partial charge in [-0.3, -0.25) is 4.79 Å². The number of methoxy groups -OCH3 is 1. The number of ether oxygens (including phenoxy) is 1. The minimum absolute atomic E-state index is 0.143. The third kappa shape index (κ3) is 2.12. The number of nitrogens with one attached hydrogen (secondary N) is 1. The Morgan fingerprint density at radius 1 is 1.35 bits per heavy atom. The SMILES string of the molecule is COc1ccc(NC(=O)C2CC3CC3C2)cn1. The Hall–Kier alpha value is -1.58. The quantitative estimate of drug-likeness (QED) is 0.868. The number of amides is 1. The number of rotatable bonds is 3. The number of carbonyl (C=O) groups is 1. The van der Waals surface area contributed by atoms with Gasteiger partial charge in [0.1, 0.15) is 0 Å². The van der Waals surface area contributed by atoms with Crippen molar-refractivity contribution in [2.24, 2.45) is 17.8 Å². The molecular formula is C13H16N2O2. The van der Waals surface area contributed by atoms with Crippen molar-refractivity contribution in [2.75, 3.05) is 12.4 Å².